The number of alkyl carbamates (subject to hydrolysis) is 1. The Morgan fingerprint density at radius 2 is 1.74 bits per heavy atom. The molecule has 27 heavy (non-hydrogen) atoms. The van der Waals surface area contributed by atoms with Gasteiger partial charge in [0, 0.05) is 13.5 Å². The second-order valence-electron chi connectivity index (χ2n) is 7.22. The van der Waals surface area contributed by atoms with E-state index >= 15 is 0 Å². The van der Waals surface area contributed by atoms with Crippen molar-refractivity contribution < 1.29 is 29.0 Å². The van der Waals surface area contributed by atoms with Crippen molar-refractivity contribution in [3.8, 4) is 5.75 Å². The molecule has 0 saturated heterocycles. The minimum atomic E-state index is -0.957. The number of hydrogen-bond acceptors (Lipinski definition) is 6. The van der Waals surface area contributed by atoms with E-state index in [0.717, 1.165) is 5.56 Å². The summed E-state index contributed by atoms with van der Waals surface area (Å²) >= 11 is 0. The Morgan fingerprint density at radius 1 is 1.19 bits per heavy atom. The minimum absolute atomic E-state index is 0.0955. The number of aromatic hydroxyl groups is 1. The summed E-state index contributed by atoms with van der Waals surface area (Å²) in [5, 5.41) is 12.0. The lowest BCUT2D eigenvalue weighted by molar-refractivity contribution is -0.151. The summed E-state index contributed by atoms with van der Waals surface area (Å²) in [5.74, 6) is -0.934. The van der Waals surface area contributed by atoms with Crippen molar-refractivity contribution >= 4 is 18.0 Å². The predicted octanol–water partition coefficient (Wildman–Crippen LogP) is 1.85. The molecule has 8 heteroatoms. The Balaban J connectivity index is 3.01. The molecule has 0 saturated carbocycles. The molecule has 1 aromatic carbocycles. The van der Waals surface area contributed by atoms with Gasteiger partial charge in [-0.3, -0.25) is 4.79 Å². The number of nitrogens with one attached hydrogen (secondary N) is 1. The van der Waals surface area contributed by atoms with Crippen LogP contribution in [0.25, 0.3) is 0 Å². The number of ether oxygens (including phenoxy) is 2. The molecule has 0 aromatic heterocycles. The third-order valence-electron chi connectivity index (χ3n) is 3.84. The van der Waals surface area contributed by atoms with Crippen LogP contribution in [0.3, 0.4) is 0 Å². The molecule has 0 bridgehead atoms. The molecule has 0 fully saturated rings. The summed E-state index contributed by atoms with van der Waals surface area (Å²) in [4.78, 5) is 38.0. The average molecular weight is 380 g/mol. The SMILES string of the molecule is COC(=O)[C@H](C)N(C)C(=O)C(Cc1ccc(O)cc1)NC(=O)OC(C)(C)C. The molecule has 2 amide bonds. The third-order valence-corrected chi connectivity index (χ3v) is 3.84. The number of methoxy groups -OCH3 is 1. The molecule has 150 valence electrons. The predicted molar refractivity (Wildman–Crippen MR) is 99.2 cm³/mol. The molecule has 0 heterocycles. The number of carbonyl (C=O) groups excluding carboxylic acids is 3. The van der Waals surface area contributed by atoms with Gasteiger partial charge in [-0.1, -0.05) is 12.1 Å². The van der Waals surface area contributed by atoms with Crippen molar-refractivity contribution in [2.45, 2.75) is 51.8 Å². The number of carbonyl (C=O) groups is 3. The van der Waals surface area contributed by atoms with E-state index in [4.69, 9.17) is 4.74 Å². The Morgan fingerprint density at radius 3 is 2.22 bits per heavy atom. The van der Waals surface area contributed by atoms with E-state index in [1.165, 1.54) is 38.1 Å². The number of amides is 2. The summed E-state index contributed by atoms with van der Waals surface area (Å²) in [6.07, 6.45) is -0.574. The molecular formula is C19H28N2O6. The molecule has 0 aliphatic rings. The fourth-order valence-corrected chi connectivity index (χ4v) is 2.28. The smallest absolute Gasteiger partial charge is 0.408 e. The van der Waals surface area contributed by atoms with Gasteiger partial charge in [0.1, 0.15) is 23.4 Å². The van der Waals surface area contributed by atoms with Crippen LogP contribution in [-0.2, 0) is 25.5 Å². The normalized spacial score (nSPS) is 13.3. The zero-order valence-corrected chi connectivity index (χ0v) is 16.6. The van der Waals surface area contributed by atoms with Gasteiger partial charge in [0.05, 0.1) is 7.11 Å². The third kappa shape index (κ3) is 7.16. The molecule has 0 aliphatic carbocycles. The molecule has 8 nitrogen and oxygen atoms in total. The topological polar surface area (TPSA) is 105 Å². The highest BCUT2D eigenvalue weighted by Gasteiger charge is 2.31. The zero-order valence-electron chi connectivity index (χ0n) is 16.6. The van der Waals surface area contributed by atoms with E-state index in [9.17, 15) is 19.5 Å². The van der Waals surface area contributed by atoms with Crippen molar-refractivity contribution in [3.63, 3.8) is 0 Å². The van der Waals surface area contributed by atoms with E-state index in [-0.39, 0.29) is 12.2 Å². The van der Waals surface area contributed by atoms with E-state index in [1.54, 1.807) is 32.9 Å². The lowest BCUT2D eigenvalue weighted by Gasteiger charge is -2.29. The fourth-order valence-electron chi connectivity index (χ4n) is 2.28. The molecule has 0 spiro atoms. The maximum absolute atomic E-state index is 12.9. The number of likely N-dealkylation sites (N-methyl/N-ethyl adjacent to an activating group) is 1. The number of esters is 1. The molecule has 0 aliphatic heterocycles. The summed E-state index contributed by atoms with van der Waals surface area (Å²) < 4.78 is 9.90. The van der Waals surface area contributed by atoms with Crippen LogP contribution in [0.1, 0.15) is 33.3 Å². The van der Waals surface area contributed by atoms with Crippen LogP contribution in [0.15, 0.2) is 24.3 Å². The summed E-state index contributed by atoms with van der Waals surface area (Å²) in [6.45, 7) is 6.69. The van der Waals surface area contributed by atoms with Crippen LogP contribution < -0.4 is 5.32 Å². The largest absolute Gasteiger partial charge is 0.508 e. The number of phenolic OH excluding ortho intramolecular Hbond substituents is 1. The first-order valence-corrected chi connectivity index (χ1v) is 8.56. The highest BCUT2D eigenvalue weighted by molar-refractivity contribution is 5.89. The number of phenols is 1. The zero-order chi connectivity index (χ0) is 20.8. The summed E-state index contributed by atoms with van der Waals surface area (Å²) in [7, 11) is 2.70. The molecule has 2 atom stereocenters. The monoisotopic (exact) mass is 380 g/mol. The Labute approximate surface area is 159 Å². The van der Waals surface area contributed by atoms with E-state index in [1.807, 2.05) is 0 Å². The van der Waals surface area contributed by atoms with Crippen LogP contribution in [0, 0.1) is 0 Å². The van der Waals surface area contributed by atoms with Gasteiger partial charge in [0.2, 0.25) is 5.91 Å². The fraction of sp³-hybridized carbons (Fsp3) is 0.526. The van der Waals surface area contributed by atoms with Crippen molar-refractivity contribution in [2.24, 2.45) is 0 Å². The average Bonchev–Trinajstić information content (AvgIpc) is 2.58. The van der Waals surface area contributed by atoms with E-state index in [0.29, 0.717) is 0 Å². The second-order valence-corrected chi connectivity index (χ2v) is 7.22. The molecule has 2 N–H and O–H groups in total. The number of hydrogen-bond donors (Lipinski definition) is 2. The van der Waals surface area contributed by atoms with Crippen LogP contribution in [-0.4, -0.2) is 59.8 Å². The standard InChI is InChI=1S/C19H28N2O6/c1-12(17(24)26-6)21(5)16(23)15(20-18(25)27-19(2,3)4)11-13-7-9-14(22)10-8-13/h7-10,12,15,22H,11H2,1-6H3,(H,20,25)/t12-,15?/m0/s1. The number of rotatable bonds is 6. The van der Waals surface area contributed by atoms with Gasteiger partial charge in [-0.25, -0.2) is 9.59 Å². The van der Waals surface area contributed by atoms with Crippen LogP contribution in [0.5, 0.6) is 5.75 Å². The van der Waals surface area contributed by atoms with Crippen molar-refractivity contribution in [1.82, 2.24) is 10.2 Å². The molecular weight excluding hydrogens is 352 g/mol. The van der Waals surface area contributed by atoms with Gasteiger partial charge < -0.3 is 24.8 Å². The van der Waals surface area contributed by atoms with Crippen LogP contribution in [0.2, 0.25) is 0 Å². The van der Waals surface area contributed by atoms with Crippen molar-refractivity contribution in [2.75, 3.05) is 14.2 Å². The van der Waals surface area contributed by atoms with Crippen LogP contribution >= 0.6 is 0 Å². The molecule has 1 rings (SSSR count). The van der Waals surface area contributed by atoms with Crippen molar-refractivity contribution in [1.29, 1.82) is 0 Å². The Kier molecular flexibility index (Phi) is 7.63. The van der Waals surface area contributed by atoms with Gasteiger partial charge in [-0.05, 0) is 45.4 Å². The Bertz CT molecular complexity index is 666. The molecule has 1 aromatic rings. The van der Waals surface area contributed by atoms with Gasteiger partial charge in [-0.2, -0.15) is 0 Å². The quantitative estimate of drug-likeness (QED) is 0.730. The van der Waals surface area contributed by atoms with Gasteiger partial charge in [0.15, 0.2) is 0 Å². The summed E-state index contributed by atoms with van der Waals surface area (Å²) in [5.41, 5.74) is 0.00265. The van der Waals surface area contributed by atoms with Gasteiger partial charge in [-0.15, -0.1) is 0 Å². The first kappa shape index (κ1) is 22.3. The maximum atomic E-state index is 12.9. The molecule has 1 unspecified atom stereocenters. The highest BCUT2D eigenvalue weighted by Crippen LogP contribution is 2.14. The highest BCUT2D eigenvalue weighted by atomic mass is 16.6. The summed E-state index contributed by atoms with van der Waals surface area (Å²) in [6, 6.07) is 4.51. The number of benzene rings is 1. The van der Waals surface area contributed by atoms with Crippen LogP contribution in [0.4, 0.5) is 4.79 Å². The van der Waals surface area contributed by atoms with Crippen molar-refractivity contribution in [3.05, 3.63) is 29.8 Å². The van der Waals surface area contributed by atoms with Gasteiger partial charge >= 0.3 is 12.1 Å². The minimum Gasteiger partial charge on any atom is -0.508 e. The lowest BCUT2D eigenvalue weighted by Crippen LogP contribution is -2.53. The maximum Gasteiger partial charge on any atom is 0.408 e. The van der Waals surface area contributed by atoms with Gasteiger partial charge in [0.25, 0.3) is 0 Å². The Hall–Kier alpha value is -2.77. The van der Waals surface area contributed by atoms with E-state index < -0.39 is 35.7 Å². The molecule has 0 radical (unpaired) electrons. The first-order valence-electron chi connectivity index (χ1n) is 8.56. The van der Waals surface area contributed by atoms with E-state index in [2.05, 4.69) is 10.1 Å². The lowest BCUT2D eigenvalue weighted by atomic mass is 10.0. The first-order chi connectivity index (χ1) is 12.4. The number of nitrogens with zero attached hydrogens (tertiary/aromatic N) is 1. The second kappa shape index (κ2) is 9.25.